The first-order valence-electron chi connectivity index (χ1n) is 9.78. The van der Waals surface area contributed by atoms with Gasteiger partial charge in [-0.05, 0) is 25.0 Å². The molecule has 0 spiro atoms. The third kappa shape index (κ3) is 6.49. The highest BCUT2D eigenvalue weighted by molar-refractivity contribution is 5.77. The molecule has 4 nitrogen and oxygen atoms in total. The second kappa shape index (κ2) is 10.2. The van der Waals surface area contributed by atoms with E-state index in [0.29, 0.717) is 17.6 Å². The molecule has 0 heterocycles. The number of nitrogens with zero attached hydrogens (tertiary/aromatic N) is 2. The lowest BCUT2D eigenvalue weighted by molar-refractivity contribution is -0.883. The van der Waals surface area contributed by atoms with Crippen LogP contribution in [0, 0.1) is 0 Å². The zero-order valence-corrected chi connectivity index (χ0v) is 17.1. The Hall–Kier alpha value is -2.17. The van der Waals surface area contributed by atoms with Crippen LogP contribution in [0.15, 0.2) is 60.7 Å². The number of rotatable bonds is 10. The van der Waals surface area contributed by atoms with Crippen LogP contribution in [0.3, 0.4) is 0 Å². The highest BCUT2D eigenvalue weighted by Crippen LogP contribution is 2.25. The molecule has 0 bridgehead atoms. The molecule has 4 heteroatoms. The second-order valence-corrected chi connectivity index (χ2v) is 7.46. The van der Waals surface area contributed by atoms with E-state index >= 15 is 0 Å². The third-order valence-electron chi connectivity index (χ3n) is 4.87. The first-order chi connectivity index (χ1) is 13.0. The van der Waals surface area contributed by atoms with Gasteiger partial charge >= 0.3 is 0 Å². The molecule has 0 saturated carbocycles. The summed E-state index contributed by atoms with van der Waals surface area (Å²) in [5, 5.41) is 0. The minimum absolute atomic E-state index is 0.0918. The number of carbonyl (C=O) groups excluding carboxylic acids is 1. The van der Waals surface area contributed by atoms with E-state index in [2.05, 4.69) is 38.4 Å². The van der Waals surface area contributed by atoms with Gasteiger partial charge in [-0.1, -0.05) is 60.7 Å². The fourth-order valence-corrected chi connectivity index (χ4v) is 3.18. The molecule has 2 rings (SSSR count). The molecule has 0 radical (unpaired) electrons. The topological polar surface area (TPSA) is 29.5 Å². The summed E-state index contributed by atoms with van der Waals surface area (Å²) in [5.41, 5.74) is 2.29. The molecule has 0 aromatic heterocycles. The van der Waals surface area contributed by atoms with Gasteiger partial charge in [0, 0.05) is 13.1 Å². The van der Waals surface area contributed by atoms with E-state index in [0.717, 1.165) is 30.8 Å². The Morgan fingerprint density at radius 3 is 1.85 bits per heavy atom. The van der Waals surface area contributed by atoms with Crippen molar-refractivity contribution in [3.8, 4) is 0 Å². The summed E-state index contributed by atoms with van der Waals surface area (Å²) < 4.78 is 6.92. The number of hydrogen-bond acceptors (Lipinski definition) is 2. The molecular formula is C23H33N2O2+. The van der Waals surface area contributed by atoms with Crippen molar-refractivity contribution >= 4 is 5.91 Å². The molecule has 0 saturated heterocycles. The van der Waals surface area contributed by atoms with Crippen LogP contribution >= 0.6 is 0 Å². The Labute approximate surface area is 164 Å². The fourth-order valence-electron chi connectivity index (χ4n) is 3.18. The van der Waals surface area contributed by atoms with Crippen LogP contribution in [0.25, 0.3) is 0 Å². The SMILES string of the molecule is CCN(CC)C(=O)C[N+](C)(C)CCOC(c1ccccc1)c1ccccc1. The monoisotopic (exact) mass is 369 g/mol. The van der Waals surface area contributed by atoms with E-state index in [-0.39, 0.29) is 12.0 Å². The van der Waals surface area contributed by atoms with E-state index in [4.69, 9.17) is 4.74 Å². The van der Waals surface area contributed by atoms with E-state index in [9.17, 15) is 4.79 Å². The predicted molar refractivity (Wildman–Crippen MR) is 110 cm³/mol. The average Bonchev–Trinajstić information content (AvgIpc) is 2.67. The number of amides is 1. The summed E-state index contributed by atoms with van der Waals surface area (Å²) in [6.45, 7) is 7.43. The molecule has 0 unspecified atom stereocenters. The van der Waals surface area contributed by atoms with Gasteiger partial charge in [0.15, 0.2) is 6.54 Å². The fraction of sp³-hybridized carbons (Fsp3) is 0.435. The number of hydrogen-bond donors (Lipinski definition) is 0. The number of benzene rings is 2. The van der Waals surface area contributed by atoms with Crippen molar-refractivity contribution in [3.63, 3.8) is 0 Å². The lowest BCUT2D eigenvalue weighted by atomic mass is 10.0. The van der Waals surface area contributed by atoms with Crippen LogP contribution in [0.5, 0.6) is 0 Å². The summed E-state index contributed by atoms with van der Waals surface area (Å²) in [4.78, 5) is 14.3. The standard InChI is InChI=1S/C23H33N2O2/c1-5-24(6-2)22(26)19-25(3,4)17-18-27-23(20-13-9-7-10-14-20)21-15-11-8-12-16-21/h7-16,23H,5-6,17-19H2,1-4H3/q+1. The van der Waals surface area contributed by atoms with Gasteiger partial charge in [0.05, 0.1) is 20.7 Å². The molecule has 0 atom stereocenters. The Morgan fingerprint density at radius 1 is 0.926 bits per heavy atom. The first-order valence-corrected chi connectivity index (χ1v) is 9.78. The summed E-state index contributed by atoms with van der Waals surface area (Å²) >= 11 is 0. The van der Waals surface area contributed by atoms with Crippen molar-refractivity contribution < 1.29 is 14.0 Å². The Kier molecular flexibility index (Phi) is 8.01. The molecule has 0 aliphatic rings. The van der Waals surface area contributed by atoms with Gasteiger partial charge in [0.25, 0.3) is 5.91 Å². The Morgan fingerprint density at radius 2 is 1.41 bits per heavy atom. The summed E-state index contributed by atoms with van der Waals surface area (Å²) in [7, 11) is 4.18. The number of quaternary nitrogens is 1. The van der Waals surface area contributed by atoms with Gasteiger partial charge < -0.3 is 14.1 Å². The predicted octanol–water partition coefficient (Wildman–Crippen LogP) is 3.74. The molecule has 0 fully saturated rings. The zero-order chi connectivity index (χ0) is 19.7. The van der Waals surface area contributed by atoms with Gasteiger partial charge in [-0.15, -0.1) is 0 Å². The lowest BCUT2D eigenvalue weighted by Gasteiger charge is -2.32. The molecule has 0 aliphatic heterocycles. The van der Waals surface area contributed by atoms with Crippen LogP contribution in [-0.2, 0) is 9.53 Å². The van der Waals surface area contributed by atoms with Crippen LogP contribution in [0.4, 0.5) is 0 Å². The van der Waals surface area contributed by atoms with Crippen LogP contribution < -0.4 is 0 Å². The van der Waals surface area contributed by atoms with Gasteiger partial charge in [-0.25, -0.2) is 0 Å². The molecule has 2 aromatic rings. The molecule has 27 heavy (non-hydrogen) atoms. The van der Waals surface area contributed by atoms with Gasteiger partial charge in [-0.3, -0.25) is 4.79 Å². The van der Waals surface area contributed by atoms with Crippen molar-refractivity contribution in [2.75, 3.05) is 46.9 Å². The molecule has 2 aromatic carbocycles. The number of ether oxygens (including phenoxy) is 1. The summed E-state index contributed by atoms with van der Waals surface area (Å²) in [6.07, 6.45) is -0.0918. The molecule has 146 valence electrons. The zero-order valence-electron chi connectivity index (χ0n) is 17.1. The Balaban J connectivity index is 2.00. The molecular weight excluding hydrogens is 336 g/mol. The maximum absolute atomic E-state index is 12.4. The number of carbonyl (C=O) groups is 1. The summed E-state index contributed by atoms with van der Waals surface area (Å²) in [5.74, 6) is 0.202. The smallest absolute Gasteiger partial charge is 0.277 e. The average molecular weight is 370 g/mol. The minimum atomic E-state index is -0.0918. The lowest BCUT2D eigenvalue weighted by Crippen LogP contribution is -2.50. The molecule has 0 N–H and O–H groups in total. The first kappa shape index (κ1) is 21.1. The van der Waals surface area contributed by atoms with E-state index in [1.165, 1.54) is 0 Å². The minimum Gasteiger partial charge on any atom is -0.363 e. The quantitative estimate of drug-likeness (QED) is 0.597. The number of likely N-dealkylation sites (N-methyl/N-ethyl adjacent to an activating group) is 2. The van der Waals surface area contributed by atoms with Gasteiger partial charge in [0.1, 0.15) is 12.6 Å². The van der Waals surface area contributed by atoms with Gasteiger partial charge in [-0.2, -0.15) is 0 Å². The summed E-state index contributed by atoms with van der Waals surface area (Å²) in [6, 6.07) is 20.6. The maximum Gasteiger partial charge on any atom is 0.277 e. The molecule has 0 aliphatic carbocycles. The van der Waals surface area contributed by atoms with Crippen molar-refractivity contribution in [1.29, 1.82) is 0 Å². The highest BCUT2D eigenvalue weighted by Gasteiger charge is 2.24. The van der Waals surface area contributed by atoms with Crippen LogP contribution in [0.2, 0.25) is 0 Å². The van der Waals surface area contributed by atoms with Crippen molar-refractivity contribution in [2.45, 2.75) is 20.0 Å². The van der Waals surface area contributed by atoms with E-state index < -0.39 is 0 Å². The second-order valence-electron chi connectivity index (χ2n) is 7.46. The van der Waals surface area contributed by atoms with Gasteiger partial charge in [0.2, 0.25) is 0 Å². The Bertz CT molecular complexity index is 643. The van der Waals surface area contributed by atoms with E-state index in [1.807, 2.05) is 55.1 Å². The van der Waals surface area contributed by atoms with E-state index in [1.54, 1.807) is 0 Å². The van der Waals surface area contributed by atoms with Crippen LogP contribution in [-0.4, -0.2) is 62.2 Å². The van der Waals surface area contributed by atoms with Crippen molar-refractivity contribution in [2.24, 2.45) is 0 Å². The van der Waals surface area contributed by atoms with Crippen molar-refractivity contribution in [1.82, 2.24) is 4.90 Å². The highest BCUT2D eigenvalue weighted by atomic mass is 16.5. The van der Waals surface area contributed by atoms with Crippen LogP contribution in [0.1, 0.15) is 31.1 Å². The maximum atomic E-state index is 12.4. The normalized spacial score (nSPS) is 11.6. The van der Waals surface area contributed by atoms with Crippen molar-refractivity contribution in [3.05, 3.63) is 71.8 Å². The largest absolute Gasteiger partial charge is 0.363 e. The third-order valence-corrected chi connectivity index (χ3v) is 4.87. The molecule has 1 amide bonds.